The molecule has 0 unspecified atom stereocenters. The molecule has 0 N–H and O–H groups in total. The minimum absolute atomic E-state index is 0.0323. The maximum Gasteiger partial charge on any atom is 0.320 e. The van der Waals surface area contributed by atoms with Crippen LogP contribution >= 0.6 is 11.6 Å². The minimum Gasteiger partial charge on any atom is -0.465 e. The summed E-state index contributed by atoms with van der Waals surface area (Å²) in [5, 5.41) is 0. The number of unbranched alkanes of at least 4 members (excludes halogenated alkanes) is 16. The number of carbonyl (C=O) groups excluding carboxylic acids is 1. The van der Waals surface area contributed by atoms with Crippen molar-refractivity contribution in [1.82, 2.24) is 0 Å². The van der Waals surface area contributed by atoms with Crippen molar-refractivity contribution in [3.63, 3.8) is 0 Å². The zero-order valence-corrected chi connectivity index (χ0v) is 18.7. The first kappa shape index (κ1) is 26.5. The molecule has 0 amide bonds. The largest absolute Gasteiger partial charge is 0.465 e. The first-order chi connectivity index (χ1) is 13.3. The number of carbonyl (C=O) groups is 1. The fourth-order valence-corrected chi connectivity index (χ4v) is 3.36. The summed E-state index contributed by atoms with van der Waals surface area (Å²) in [6.45, 7) is 2.80. The Labute approximate surface area is 174 Å². The molecule has 160 valence electrons. The highest BCUT2D eigenvalue weighted by Crippen LogP contribution is 2.12. The smallest absolute Gasteiger partial charge is 0.320 e. The molecule has 0 heterocycles. The van der Waals surface area contributed by atoms with E-state index in [1.807, 2.05) is 0 Å². The highest BCUT2D eigenvalue weighted by molar-refractivity contribution is 6.26. The number of alkyl halides is 1. The molecule has 0 spiro atoms. The van der Waals surface area contributed by atoms with Crippen LogP contribution in [-0.4, -0.2) is 18.5 Å². The van der Waals surface area contributed by atoms with Crippen LogP contribution in [0.2, 0.25) is 0 Å². The molecule has 0 aliphatic heterocycles. The van der Waals surface area contributed by atoms with E-state index in [1.165, 1.54) is 103 Å². The van der Waals surface area contributed by atoms with E-state index >= 15 is 0 Å². The van der Waals surface area contributed by atoms with E-state index in [0.717, 1.165) is 12.8 Å². The number of rotatable bonds is 21. The predicted molar refractivity (Wildman–Crippen MR) is 120 cm³/mol. The Morgan fingerprint density at radius 3 is 1.52 bits per heavy atom. The van der Waals surface area contributed by atoms with Gasteiger partial charge in [0.25, 0.3) is 0 Å². The summed E-state index contributed by atoms with van der Waals surface area (Å²) < 4.78 is 4.95. The second-order valence-corrected chi connectivity index (χ2v) is 7.97. The molecule has 0 saturated carbocycles. The van der Waals surface area contributed by atoms with Crippen LogP contribution in [0.1, 0.15) is 122 Å². The van der Waals surface area contributed by atoms with Crippen molar-refractivity contribution in [2.24, 2.45) is 0 Å². The van der Waals surface area contributed by atoms with Gasteiger partial charge in [0.05, 0.1) is 6.61 Å². The molecule has 0 aromatic carbocycles. The fourth-order valence-electron chi connectivity index (χ4n) is 3.28. The number of ether oxygens (including phenoxy) is 1. The standard InChI is InChI=1S/C24H45ClO2/c1-2-3-4-5-6-7-8-9-10-11-12-13-14-15-16-17-18-19-20-21-22-27-24(26)23-25/h9-10H,2-8,11-23H2,1H3/b10-9+. The van der Waals surface area contributed by atoms with Crippen LogP contribution in [0.3, 0.4) is 0 Å². The average Bonchev–Trinajstić information content (AvgIpc) is 2.68. The highest BCUT2D eigenvalue weighted by Gasteiger charge is 1.98. The topological polar surface area (TPSA) is 26.3 Å². The Balaban J connectivity index is 3.08. The monoisotopic (exact) mass is 400 g/mol. The highest BCUT2D eigenvalue weighted by atomic mass is 35.5. The molecular weight excluding hydrogens is 356 g/mol. The van der Waals surface area contributed by atoms with Crippen molar-refractivity contribution in [2.45, 2.75) is 122 Å². The van der Waals surface area contributed by atoms with Crippen LogP contribution in [0, 0.1) is 0 Å². The quantitative estimate of drug-likeness (QED) is 0.0836. The Kier molecular flexibility index (Phi) is 23.1. The van der Waals surface area contributed by atoms with Crippen LogP contribution in [0.5, 0.6) is 0 Å². The van der Waals surface area contributed by atoms with Gasteiger partial charge in [0.1, 0.15) is 5.88 Å². The van der Waals surface area contributed by atoms with E-state index < -0.39 is 0 Å². The third-order valence-corrected chi connectivity index (χ3v) is 5.25. The normalized spacial score (nSPS) is 11.3. The van der Waals surface area contributed by atoms with E-state index in [4.69, 9.17) is 16.3 Å². The number of allylic oxidation sites excluding steroid dienone is 2. The molecule has 2 nitrogen and oxygen atoms in total. The average molecular weight is 401 g/mol. The van der Waals surface area contributed by atoms with Crippen LogP contribution in [0.15, 0.2) is 12.2 Å². The third-order valence-electron chi connectivity index (χ3n) is 5.03. The summed E-state index contributed by atoms with van der Waals surface area (Å²) in [4.78, 5) is 10.9. The van der Waals surface area contributed by atoms with Crippen LogP contribution in [-0.2, 0) is 9.53 Å². The summed E-state index contributed by atoms with van der Waals surface area (Å²) in [5.41, 5.74) is 0. The summed E-state index contributed by atoms with van der Waals surface area (Å²) in [6, 6.07) is 0. The molecule has 0 radical (unpaired) electrons. The van der Waals surface area contributed by atoms with Crippen molar-refractivity contribution in [2.75, 3.05) is 12.5 Å². The zero-order chi connectivity index (χ0) is 19.8. The Morgan fingerprint density at radius 1 is 0.667 bits per heavy atom. The second-order valence-electron chi connectivity index (χ2n) is 7.71. The van der Waals surface area contributed by atoms with E-state index in [0.29, 0.717) is 6.61 Å². The lowest BCUT2D eigenvalue weighted by Crippen LogP contribution is -2.06. The van der Waals surface area contributed by atoms with Crippen molar-refractivity contribution in [3.8, 4) is 0 Å². The van der Waals surface area contributed by atoms with Gasteiger partial charge in [-0.3, -0.25) is 4.79 Å². The second kappa shape index (κ2) is 23.5. The lowest BCUT2D eigenvalue weighted by atomic mass is 10.1. The van der Waals surface area contributed by atoms with Gasteiger partial charge in [0, 0.05) is 0 Å². The first-order valence-electron chi connectivity index (χ1n) is 11.7. The van der Waals surface area contributed by atoms with Gasteiger partial charge in [-0.15, -0.1) is 11.6 Å². The molecule has 0 atom stereocenters. The van der Waals surface area contributed by atoms with Gasteiger partial charge in [0.15, 0.2) is 0 Å². The maximum atomic E-state index is 10.9. The Hall–Kier alpha value is -0.500. The third kappa shape index (κ3) is 23.5. The number of hydrogen-bond acceptors (Lipinski definition) is 2. The number of hydrogen-bond donors (Lipinski definition) is 0. The SMILES string of the molecule is CCCCCCCC/C=C/CCCCCCCCCCCCOC(=O)CCl. The summed E-state index contributed by atoms with van der Waals surface area (Å²) in [7, 11) is 0. The minimum atomic E-state index is -0.301. The van der Waals surface area contributed by atoms with Gasteiger partial charge in [-0.05, 0) is 32.1 Å². The predicted octanol–water partition coefficient (Wildman–Crippen LogP) is 8.37. The Morgan fingerprint density at radius 2 is 1.07 bits per heavy atom. The van der Waals surface area contributed by atoms with Gasteiger partial charge >= 0.3 is 5.97 Å². The summed E-state index contributed by atoms with van der Waals surface area (Å²) in [5.74, 6) is -0.333. The van der Waals surface area contributed by atoms with Gasteiger partial charge in [-0.25, -0.2) is 0 Å². The van der Waals surface area contributed by atoms with E-state index in [-0.39, 0.29) is 11.8 Å². The maximum absolute atomic E-state index is 10.9. The van der Waals surface area contributed by atoms with E-state index in [9.17, 15) is 4.79 Å². The number of halogens is 1. The van der Waals surface area contributed by atoms with E-state index in [1.54, 1.807) is 0 Å². The van der Waals surface area contributed by atoms with Gasteiger partial charge < -0.3 is 4.74 Å². The number of esters is 1. The molecule has 0 aromatic heterocycles. The van der Waals surface area contributed by atoms with Crippen LogP contribution in [0.25, 0.3) is 0 Å². The van der Waals surface area contributed by atoms with Crippen LogP contribution in [0.4, 0.5) is 0 Å². The van der Waals surface area contributed by atoms with Crippen LogP contribution < -0.4 is 0 Å². The van der Waals surface area contributed by atoms with Crippen molar-refractivity contribution in [3.05, 3.63) is 12.2 Å². The van der Waals surface area contributed by atoms with Crippen molar-refractivity contribution in [1.29, 1.82) is 0 Å². The molecule has 0 aliphatic carbocycles. The van der Waals surface area contributed by atoms with Crippen molar-refractivity contribution < 1.29 is 9.53 Å². The summed E-state index contributed by atoms with van der Waals surface area (Å²) in [6.07, 6.45) is 28.6. The molecule has 27 heavy (non-hydrogen) atoms. The zero-order valence-electron chi connectivity index (χ0n) is 18.0. The summed E-state index contributed by atoms with van der Waals surface area (Å²) >= 11 is 5.37. The molecule has 0 rings (SSSR count). The molecule has 0 saturated heterocycles. The Bertz CT molecular complexity index is 328. The van der Waals surface area contributed by atoms with Gasteiger partial charge in [0.2, 0.25) is 0 Å². The molecule has 0 aromatic rings. The molecule has 3 heteroatoms. The lowest BCUT2D eigenvalue weighted by molar-refractivity contribution is -0.140. The molecular formula is C24H45ClO2. The first-order valence-corrected chi connectivity index (χ1v) is 12.2. The van der Waals surface area contributed by atoms with E-state index in [2.05, 4.69) is 19.1 Å². The fraction of sp³-hybridized carbons (Fsp3) is 0.875. The van der Waals surface area contributed by atoms with Gasteiger partial charge in [-0.1, -0.05) is 103 Å². The molecule has 0 aliphatic rings. The van der Waals surface area contributed by atoms with Gasteiger partial charge in [-0.2, -0.15) is 0 Å². The molecule has 0 bridgehead atoms. The van der Waals surface area contributed by atoms with Crippen molar-refractivity contribution >= 4 is 17.6 Å². The molecule has 0 fully saturated rings. The lowest BCUT2D eigenvalue weighted by Gasteiger charge is -2.03.